The molecule has 5 fully saturated rings. The van der Waals surface area contributed by atoms with E-state index in [0.29, 0.717) is 43.6 Å². The van der Waals surface area contributed by atoms with Gasteiger partial charge in [0.1, 0.15) is 40.7 Å². The molecule has 0 aliphatic carbocycles. The van der Waals surface area contributed by atoms with Gasteiger partial charge in [-0.25, -0.2) is 0 Å². The molecule has 5 amide bonds. The Morgan fingerprint density at radius 3 is 0.919 bits per heavy atom. The molecule has 15 atom stereocenters. The number of nitrogens with one attached hydrogen (secondary N) is 1. The van der Waals surface area contributed by atoms with Crippen LogP contribution in [-0.4, -0.2) is 214 Å². The molecule has 5 aliphatic rings. The van der Waals surface area contributed by atoms with E-state index < -0.39 is 89.6 Å². The normalized spacial score (nSPS) is 24.5. The minimum Gasteiger partial charge on any atom is -0.481 e. The van der Waals surface area contributed by atoms with Gasteiger partial charge in [-0.15, -0.1) is 35.3 Å². The first kappa shape index (κ1) is 100. The van der Waals surface area contributed by atoms with Crippen molar-refractivity contribution in [1.29, 1.82) is 0 Å². The number of aliphatic hydroxyl groups excluding tert-OH is 1. The first-order valence-corrected chi connectivity index (χ1v) is 52.1. The Hall–Kier alpha value is -7.63. The highest BCUT2D eigenvalue weighted by molar-refractivity contribution is 8.00. The Labute approximate surface area is 748 Å². The molecule has 3 N–H and O–H groups in total. The zero-order valence-corrected chi connectivity index (χ0v) is 80.4. The van der Waals surface area contributed by atoms with E-state index in [1.54, 1.807) is 0 Å². The molecule has 124 heavy (non-hydrogen) atoms. The number of benzene rings is 6. The third kappa shape index (κ3) is 24.8. The molecular weight excluding hydrogens is 1680 g/mol. The average molecular weight is 1810 g/mol. The molecule has 0 aromatic heterocycles. The Balaban J connectivity index is 0.000000211. The van der Waals surface area contributed by atoms with Gasteiger partial charge < -0.3 is 57.2 Å². The fraction of sp³-hybridized carbons (Fsp3) is 0.526. The highest BCUT2D eigenvalue weighted by Gasteiger charge is 2.56. The van der Waals surface area contributed by atoms with Crippen molar-refractivity contribution in [2.45, 2.75) is 230 Å². The van der Waals surface area contributed by atoms with Crippen LogP contribution in [0.15, 0.2) is 182 Å². The second-order valence-electron chi connectivity index (χ2n) is 35.8. The number of likely N-dealkylation sites (tertiary alicyclic amines) is 2. The van der Waals surface area contributed by atoms with Gasteiger partial charge in [0.05, 0.1) is 44.6 Å². The van der Waals surface area contributed by atoms with Crippen LogP contribution in [0.25, 0.3) is 0 Å². The van der Waals surface area contributed by atoms with E-state index in [4.69, 9.17) is 46.8 Å². The molecule has 6 aromatic carbocycles. The fourth-order valence-electron chi connectivity index (χ4n) is 17.5. The molecule has 6 aromatic rings. The number of rotatable bonds is 33. The smallest absolute Gasteiger partial charge is 0.303 e. The molecule has 15 unspecified atom stereocenters. The van der Waals surface area contributed by atoms with Gasteiger partial charge in [-0.2, -0.15) is 0 Å². The van der Waals surface area contributed by atoms with Crippen LogP contribution in [0.4, 0.5) is 0 Å². The summed E-state index contributed by atoms with van der Waals surface area (Å²) in [6.45, 7) is 36.3. The van der Waals surface area contributed by atoms with Crippen molar-refractivity contribution in [2.75, 3.05) is 56.7 Å². The van der Waals surface area contributed by atoms with Crippen LogP contribution >= 0.6 is 35.3 Å². The molecule has 0 radical (unpaired) electrons. The maximum absolute atomic E-state index is 12.1. The minimum atomic E-state index is -2.87. The number of ether oxygens (including phenoxy) is 6. The zero-order valence-electron chi connectivity index (χ0n) is 74.9. The van der Waals surface area contributed by atoms with Crippen LogP contribution in [0.5, 0.6) is 0 Å². The number of esters is 3. The molecule has 23 nitrogen and oxygen atoms in total. The molecule has 674 valence electrons. The van der Waals surface area contributed by atoms with Crippen molar-refractivity contribution in [3.05, 3.63) is 182 Å². The van der Waals surface area contributed by atoms with E-state index in [2.05, 4.69) is 217 Å². The van der Waals surface area contributed by atoms with Crippen molar-refractivity contribution >= 4 is 145 Å². The van der Waals surface area contributed by atoms with Crippen LogP contribution in [0.1, 0.15) is 156 Å². The third-order valence-corrected chi connectivity index (χ3v) is 42.8. The van der Waals surface area contributed by atoms with Gasteiger partial charge in [-0.1, -0.05) is 279 Å². The summed E-state index contributed by atoms with van der Waals surface area (Å²) in [6.07, 6.45) is -2.91. The van der Waals surface area contributed by atoms with E-state index >= 15 is 0 Å². The van der Waals surface area contributed by atoms with Crippen LogP contribution in [0.3, 0.4) is 0 Å². The summed E-state index contributed by atoms with van der Waals surface area (Å²) in [7, 11) is -8.41. The Bertz CT molecular complexity index is 4140. The van der Waals surface area contributed by atoms with E-state index in [9.17, 15) is 48.3 Å². The summed E-state index contributed by atoms with van der Waals surface area (Å²) in [5.41, 5.74) is -1.48. The van der Waals surface area contributed by atoms with Gasteiger partial charge >= 0.3 is 23.9 Å². The summed E-state index contributed by atoms with van der Waals surface area (Å²) < 4.78 is 58.3. The van der Waals surface area contributed by atoms with Crippen LogP contribution in [-0.2, 0) is 84.9 Å². The maximum atomic E-state index is 12.1. The predicted octanol–water partition coefficient (Wildman–Crippen LogP) is 11.7. The molecular formula is C95H129N3O20S3Si3. The highest BCUT2D eigenvalue weighted by Crippen LogP contribution is 2.45. The first-order valence-electron chi connectivity index (χ1n) is 43.2. The molecule has 5 aliphatic heterocycles. The SMILES string of the molecule is CC(=O)OC1C(SCCN2C(=O)CCC2=O)OC(CO[Si](c2ccccc2)(c2ccccc2)C(C)(C)C)C(C)C1C.CC(=O)OC1C(SCCN2C(=O)CCC2=O)OC(CO[Si](c2ccccc2)(c2ccccc2)C(C)(C)C)C(O)C1C.CC(=O)OC1C(SCCNC(=O)CCC(=O)O)OC(CO[Si](c2ccccc2)(c2ccccc2)C(C)(C)C)C(C)C1C. The first-order chi connectivity index (χ1) is 58.8. The van der Waals surface area contributed by atoms with Gasteiger partial charge in [0.2, 0.25) is 29.5 Å². The summed E-state index contributed by atoms with van der Waals surface area (Å²) >= 11 is 4.35. The lowest BCUT2D eigenvalue weighted by atomic mass is 9.84. The number of hydrogen-bond acceptors (Lipinski definition) is 22. The quantitative estimate of drug-likeness (QED) is 0.0113. The lowest BCUT2D eigenvalue weighted by molar-refractivity contribution is -0.196. The number of nitrogens with zero attached hydrogens (tertiary/aromatic N) is 2. The van der Waals surface area contributed by atoms with Gasteiger partial charge in [0, 0.05) is 108 Å². The Morgan fingerprint density at radius 2 is 0.653 bits per heavy atom. The monoisotopic (exact) mass is 1810 g/mol. The van der Waals surface area contributed by atoms with Crippen molar-refractivity contribution < 1.29 is 95.1 Å². The molecule has 5 saturated heterocycles. The largest absolute Gasteiger partial charge is 0.481 e. The van der Waals surface area contributed by atoms with Crippen molar-refractivity contribution in [2.24, 2.45) is 29.6 Å². The number of carboxylic acid groups (broad SMARTS) is 1. The number of carbonyl (C=O) groups is 9. The van der Waals surface area contributed by atoms with Crippen molar-refractivity contribution in [3.8, 4) is 0 Å². The van der Waals surface area contributed by atoms with Crippen LogP contribution in [0.2, 0.25) is 15.1 Å². The summed E-state index contributed by atoms with van der Waals surface area (Å²) in [5, 5.41) is 29.4. The lowest BCUT2D eigenvalue weighted by Gasteiger charge is -2.47. The predicted molar refractivity (Wildman–Crippen MR) is 494 cm³/mol. The Kier molecular flexibility index (Phi) is 36.6. The van der Waals surface area contributed by atoms with Crippen LogP contribution in [0, 0.1) is 29.6 Å². The summed E-state index contributed by atoms with van der Waals surface area (Å²) in [5.74, 6) is -1.91. The van der Waals surface area contributed by atoms with Crippen molar-refractivity contribution in [3.63, 3.8) is 0 Å². The second kappa shape index (κ2) is 45.4. The molecule has 0 spiro atoms. The fourth-order valence-corrected chi connectivity index (χ4v) is 34.8. The van der Waals surface area contributed by atoms with E-state index in [-0.39, 0.29) is 144 Å². The average Bonchev–Trinajstić information content (AvgIpc) is 0.813. The van der Waals surface area contributed by atoms with Gasteiger partial charge in [0.15, 0.2) is 0 Å². The van der Waals surface area contributed by atoms with Gasteiger partial charge in [-0.3, -0.25) is 53.0 Å². The maximum Gasteiger partial charge on any atom is 0.303 e. The summed E-state index contributed by atoms with van der Waals surface area (Å²) in [6, 6.07) is 62.5. The topological polar surface area (TPSA) is 296 Å². The molecule has 5 heterocycles. The van der Waals surface area contributed by atoms with Gasteiger partial charge in [0.25, 0.3) is 25.0 Å². The number of thioether (sulfide) groups is 3. The second-order valence-corrected chi connectivity index (χ2v) is 52.3. The van der Waals surface area contributed by atoms with Crippen LogP contribution < -0.4 is 36.4 Å². The molecule has 0 saturated carbocycles. The van der Waals surface area contributed by atoms with Gasteiger partial charge in [-0.05, 0) is 58.1 Å². The number of amides is 5. The van der Waals surface area contributed by atoms with Crippen molar-refractivity contribution in [1.82, 2.24) is 15.1 Å². The number of aliphatic hydroxyl groups is 1. The molecule has 0 bridgehead atoms. The standard InChI is InChI=1S/C32H45NO7SSi.C32H43NO6SSi.C31H41NO7SSi/c1-22-23(2)30(39-24(3)34)31(41-20-19-33-28(35)17-18-29(36)37)40-27(22)21-38-42(32(4,5)6,25-13-9-7-10-14-25)26-15-11-8-12-16-26;1-22-23(2)30(38-24(3)34)31(40-20-19-33-28(35)17-18-29(33)36)39-27(22)21-37-41(32(4,5)6,25-13-9-7-10-14-25)26-15-11-8-12-16-26;1-21-28(36)25(39-30(29(21)38-22(2)33)40-19-18-32-26(34)16-17-27(32)35)20-37-41(31(3,4)5,23-12-8-6-9-13-23)24-14-10-7-11-15-24/h7-16,22-23,27,30-31H,17-21H2,1-6H3,(H,33,35)(H,36,37);7-16,22-23,27,30-31H,17-21H2,1-6H3;6-15,21,25,28-30,36H,16-20H2,1-5H3. The minimum absolute atomic E-state index is 0.0121. The number of aliphatic carboxylic acids is 1. The third-order valence-electron chi connectivity index (χ3n) is 24.4. The summed E-state index contributed by atoms with van der Waals surface area (Å²) in [4.78, 5) is 110. The lowest BCUT2D eigenvalue weighted by Crippen LogP contribution is -2.68. The number of carboxylic acids is 1. The number of carbonyl (C=O) groups excluding carboxylic acids is 8. The molecule has 11 rings (SSSR count). The number of hydrogen-bond donors (Lipinski definition) is 3. The molecule has 29 heteroatoms. The highest BCUT2D eigenvalue weighted by atomic mass is 32.2. The van der Waals surface area contributed by atoms with E-state index in [1.165, 1.54) is 86.6 Å². The Morgan fingerprint density at radius 1 is 0.395 bits per heavy atom. The zero-order chi connectivity index (χ0) is 90.5. The van der Waals surface area contributed by atoms with E-state index in [0.717, 1.165) is 10.4 Å². The van der Waals surface area contributed by atoms with E-state index in [1.807, 2.05) is 67.6 Å². The number of imide groups is 2.